The van der Waals surface area contributed by atoms with Gasteiger partial charge in [0.05, 0.1) is 0 Å². The number of rotatable bonds is 3. The second kappa shape index (κ2) is 5.61. The Kier molecular flexibility index (Phi) is 3.87. The van der Waals surface area contributed by atoms with Gasteiger partial charge < -0.3 is 5.73 Å². The van der Waals surface area contributed by atoms with Gasteiger partial charge in [0.15, 0.2) is 0 Å². The Labute approximate surface area is 116 Å². The van der Waals surface area contributed by atoms with Crippen molar-refractivity contribution in [1.29, 1.82) is 0 Å². The molecule has 1 unspecified atom stereocenters. The molecule has 2 aliphatic rings. The lowest BCUT2D eigenvalue weighted by atomic mass is 10.0. The molecule has 104 valence electrons. The molecule has 1 aromatic rings. The number of hydrogen-bond acceptors (Lipinski definition) is 3. The molecule has 3 nitrogen and oxygen atoms in total. The van der Waals surface area contributed by atoms with Gasteiger partial charge in [-0.2, -0.15) is 0 Å². The van der Waals surface area contributed by atoms with Crippen LogP contribution >= 0.6 is 0 Å². The van der Waals surface area contributed by atoms with Crippen molar-refractivity contribution in [2.45, 2.75) is 38.9 Å². The van der Waals surface area contributed by atoms with Gasteiger partial charge in [-0.05, 0) is 43.0 Å². The number of piperazine rings is 1. The van der Waals surface area contributed by atoms with Gasteiger partial charge in [0, 0.05) is 38.8 Å². The van der Waals surface area contributed by atoms with Gasteiger partial charge in [-0.25, -0.2) is 0 Å². The molecule has 0 spiro atoms. The molecular formula is C16H25N3. The molecule has 0 aromatic heterocycles. The van der Waals surface area contributed by atoms with E-state index in [2.05, 4.69) is 34.9 Å². The molecule has 0 amide bonds. The zero-order valence-electron chi connectivity index (χ0n) is 11.9. The highest BCUT2D eigenvalue weighted by atomic mass is 15.3. The van der Waals surface area contributed by atoms with Gasteiger partial charge in [-0.1, -0.05) is 18.2 Å². The van der Waals surface area contributed by atoms with Crippen LogP contribution in [-0.4, -0.2) is 42.0 Å². The first-order valence-corrected chi connectivity index (χ1v) is 7.51. The van der Waals surface area contributed by atoms with E-state index in [0.717, 1.165) is 12.6 Å². The van der Waals surface area contributed by atoms with Gasteiger partial charge >= 0.3 is 0 Å². The van der Waals surface area contributed by atoms with Crippen molar-refractivity contribution in [3.63, 3.8) is 0 Å². The van der Waals surface area contributed by atoms with Crippen molar-refractivity contribution in [3.8, 4) is 0 Å². The highest BCUT2D eigenvalue weighted by Crippen LogP contribution is 2.23. The number of fused-ring (bicyclic) bond motifs is 1. The van der Waals surface area contributed by atoms with Crippen molar-refractivity contribution in [3.05, 3.63) is 34.9 Å². The number of hydrogen-bond donors (Lipinski definition) is 1. The molecule has 1 atom stereocenters. The summed E-state index contributed by atoms with van der Waals surface area (Å²) in [6.45, 7) is 8.99. The third-order valence-corrected chi connectivity index (χ3v) is 4.71. The van der Waals surface area contributed by atoms with E-state index in [1.165, 1.54) is 55.7 Å². The third-order valence-electron chi connectivity index (χ3n) is 4.71. The molecule has 2 heterocycles. The summed E-state index contributed by atoms with van der Waals surface area (Å²) in [4.78, 5) is 5.29. The van der Waals surface area contributed by atoms with Crippen molar-refractivity contribution >= 4 is 0 Å². The molecular weight excluding hydrogens is 234 g/mol. The number of benzene rings is 1. The van der Waals surface area contributed by atoms with Crippen LogP contribution < -0.4 is 5.73 Å². The van der Waals surface area contributed by atoms with Crippen LogP contribution in [0.2, 0.25) is 0 Å². The molecule has 0 bridgehead atoms. The maximum atomic E-state index is 5.70. The Balaban J connectivity index is 1.65. The fraction of sp³-hybridized carbons (Fsp3) is 0.625. The lowest BCUT2D eigenvalue weighted by molar-refractivity contribution is 0.0992. The summed E-state index contributed by atoms with van der Waals surface area (Å²) in [5, 5.41) is 0. The predicted octanol–water partition coefficient (Wildman–Crippen LogP) is 1.73. The molecule has 2 N–H and O–H groups in total. The normalized spacial score (nSPS) is 24.6. The minimum Gasteiger partial charge on any atom is -0.326 e. The molecule has 3 rings (SSSR count). The average molecular weight is 259 g/mol. The Morgan fingerprint density at radius 1 is 1.26 bits per heavy atom. The lowest BCUT2D eigenvalue weighted by Gasteiger charge is -2.37. The maximum Gasteiger partial charge on any atom is 0.0237 e. The van der Waals surface area contributed by atoms with E-state index in [1.807, 2.05) is 0 Å². The SMILES string of the molecule is Cc1cc(CN)ccc1CN1CCN2CCCC2C1. The van der Waals surface area contributed by atoms with Crippen molar-refractivity contribution in [2.75, 3.05) is 26.2 Å². The summed E-state index contributed by atoms with van der Waals surface area (Å²) < 4.78 is 0. The fourth-order valence-corrected chi connectivity index (χ4v) is 3.50. The van der Waals surface area contributed by atoms with Gasteiger partial charge in [-0.3, -0.25) is 9.80 Å². The van der Waals surface area contributed by atoms with Crippen LogP contribution in [0.5, 0.6) is 0 Å². The van der Waals surface area contributed by atoms with Crippen molar-refractivity contribution in [1.82, 2.24) is 9.80 Å². The molecule has 1 aromatic carbocycles. The van der Waals surface area contributed by atoms with E-state index in [4.69, 9.17) is 5.73 Å². The second-order valence-electron chi connectivity index (χ2n) is 6.03. The molecule has 0 aliphatic carbocycles. The first-order valence-electron chi connectivity index (χ1n) is 7.51. The number of nitrogens with two attached hydrogens (primary N) is 1. The molecule has 0 radical (unpaired) electrons. The lowest BCUT2D eigenvalue weighted by Crippen LogP contribution is -2.49. The van der Waals surface area contributed by atoms with E-state index < -0.39 is 0 Å². The highest BCUT2D eigenvalue weighted by Gasteiger charge is 2.30. The van der Waals surface area contributed by atoms with E-state index in [-0.39, 0.29) is 0 Å². The van der Waals surface area contributed by atoms with Crippen LogP contribution in [0.4, 0.5) is 0 Å². The molecule has 2 fully saturated rings. The fourth-order valence-electron chi connectivity index (χ4n) is 3.50. The van der Waals surface area contributed by atoms with Gasteiger partial charge in [0.1, 0.15) is 0 Å². The van der Waals surface area contributed by atoms with E-state index in [1.54, 1.807) is 0 Å². The topological polar surface area (TPSA) is 32.5 Å². The summed E-state index contributed by atoms with van der Waals surface area (Å²) >= 11 is 0. The Bertz CT molecular complexity index is 444. The molecule has 19 heavy (non-hydrogen) atoms. The number of aryl methyl sites for hydroxylation is 1. The zero-order valence-corrected chi connectivity index (χ0v) is 11.9. The van der Waals surface area contributed by atoms with Gasteiger partial charge in [0.25, 0.3) is 0 Å². The van der Waals surface area contributed by atoms with Crippen LogP contribution in [0, 0.1) is 6.92 Å². The summed E-state index contributed by atoms with van der Waals surface area (Å²) in [5.74, 6) is 0. The molecule has 2 saturated heterocycles. The molecule has 0 saturated carbocycles. The Morgan fingerprint density at radius 3 is 2.95 bits per heavy atom. The standard InChI is InChI=1S/C16H25N3/c1-13-9-14(10-17)4-5-15(13)11-18-7-8-19-6-2-3-16(19)12-18/h4-5,9,16H,2-3,6-8,10-12,17H2,1H3. The smallest absolute Gasteiger partial charge is 0.0237 e. The van der Waals surface area contributed by atoms with Crippen LogP contribution in [0.3, 0.4) is 0 Å². The van der Waals surface area contributed by atoms with Gasteiger partial charge in [-0.15, -0.1) is 0 Å². The Hall–Kier alpha value is -0.900. The van der Waals surface area contributed by atoms with E-state index >= 15 is 0 Å². The first kappa shape index (κ1) is 13.1. The summed E-state index contributed by atoms with van der Waals surface area (Å²) in [7, 11) is 0. The summed E-state index contributed by atoms with van der Waals surface area (Å²) in [6, 6.07) is 7.49. The highest BCUT2D eigenvalue weighted by molar-refractivity contribution is 5.31. The van der Waals surface area contributed by atoms with Crippen LogP contribution in [0.15, 0.2) is 18.2 Å². The number of nitrogens with zero attached hydrogens (tertiary/aromatic N) is 2. The molecule has 3 heteroatoms. The van der Waals surface area contributed by atoms with E-state index in [0.29, 0.717) is 6.54 Å². The summed E-state index contributed by atoms with van der Waals surface area (Å²) in [6.07, 6.45) is 2.78. The Morgan fingerprint density at radius 2 is 2.16 bits per heavy atom. The maximum absolute atomic E-state index is 5.70. The predicted molar refractivity (Wildman–Crippen MR) is 78.9 cm³/mol. The zero-order chi connectivity index (χ0) is 13.2. The monoisotopic (exact) mass is 259 g/mol. The second-order valence-corrected chi connectivity index (χ2v) is 6.03. The van der Waals surface area contributed by atoms with Gasteiger partial charge in [0.2, 0.25) is 0 Å². The van der Waals surface area contributed by atoms with Crippen LogP contribution in [0.1, 0.15) is 29.5 Å². The molecule has 2 aliphatic heterocycles. The quantitative estimate of drug-likeness (QED) is 0.897. The van der Waals surface area contributed by atoms with Crippen LogP contribution in [-0.2, 0) is 13.1 Å². The van der Waals surface area contributed by atoms with Crippen molar-refractivity contribution in [2.24, 2.45) is 5.73 Å². The summed E-state index contributed by atoms with van der Waals surface area (Å²) in [5.41, 5.74) is 9.78. The third kappa shape index (κ3) is 2.83. The largest absolute Gasteiger partial charge is 0.326 e. The van der Waals surface area contributed by atoms with E-state index in [9.17, 15) is 0 Å². The average Bonchev–Trinajstić information content (AvgIpc) is 2.88. The van der Waals surface area contributed by atoms with Crippen molar-refractivity contribution < 1.29 is 0 Å². The van der Waals surface area contributed by atoms with Crippen LogP contribution in [0.25, 0.3) is 0 Å². The first-order chi connectivity index (χ1) is 9.26. The minimum atomic E-state index is 0.641. The minimum absolute atomic E-state index is 0.641.